The van der Waals surface area contributed by atoms with Gasteiger partial charge < -0.3 is 20.2 Å². The summed E-state index contributed by atoms with van der Waals surface area (Å²) in [5.41, 5.74) is 1.30. The quantitative estimate of drug-likeness (QED) is 0.563. The zero-order valence-corrected chi connectivity index (χ0v) is 18.4. The van der Waals surface area contributed by atoms with Gasteiger partial charge in [-0.1, -0.05) is 0 Å². The van der Waals surface area contributed by atoms with E-state index in [1.807, 2.05) is 10.3 Å². The number of anilines is 1. The number of aromatic nitrogens is 3. The molecule has 0 aromatic carbocycles. The third-order valence-electron chi connectivity index (χ3n) is 5.09. The maximum Gasteiger partial charge on any atom is 0.405 e. The lowest BCUT2D eigenvalue weighted by Crippen LogP contribution is -2.49. The highest BCUT2D eigenvalue weighted by molar-refractivity contribution is 7.12. The Hall–Kier alpha value is -3.74. The number of hydrogen-bond acceptors (Lipinski definition) is 8. The van der Waals surface area contributed by atoms with Crippen LogP contribution in [0.4, 0.5) is 19.0 Å². The van der Waals surface area contributed by atoms with E-state index in [1.165, 1.54) is 29.7 Å². The Labute approximate surface area is 195 Å². The van der Waals surface area contributed by atoms with E-state index in [4.69, 9.17) is 0 Å². The van der Waals surface area contributed by atoms with Crippen molar-refractivity contribution in [3.63, 3.8) is 0 Å². The molecule has 178 valence electrons. The standard InChI is InChI=1S/C21H19F3N6O3S/c22-21(23,24)12-26-19(32)16-1-2-18(28-27-16)29-3-5-30(6-4-29)20(33)17-8-14(11-34-17)13-7-15(31)10-25-9-13/h1-2,7-11,31H,3-6,12H2,(H,26,32). The minimum Gasteiger partial charge on any atom is -0.506 e. The summed E-state index contributed by atoms with van der Waals surface area (Å²) in [7, 11) is 0. The van der Waals surface area contributed by atoms with E-state index in [0.717, 1.165) is 5.56 Å². The Bertz CT molecular complexity index is 1180. The first-order valence-electron chi connectivity index (χ1n) is 10.2. The molecule has 4 rings (SSSR count). The van der Waals surface area contributed by atoms with Crippen LogP contribution in [-0.4, -0.2) is 75.9 Å². The molecular weight excluding hydrogens is 473 g/mol. The summed E-state index contributed by atoms with van der Waals surface area (Å²) in [6.07, 6.45) is -1.56. The van der Waals surface area contributed by atoms with E-state index < -0.39 is 18.6 Å². The van der Waals surface area contributed by atoms with E-state index >= 15 is 0 Å². The second-order valence-corrected chi connectivity index (χ2v) is 8.40. The van der Waals surface area contributed by atoms with Gasteiger partial charge in [-0.25, -0.2) is 0 Å². The molecule has 2 amide bonds. The fourth-order valence-electron chi connectivity index (χ4n) is 3.37. The Morgan fingerprint density at radius 2 is 1.82 bits per heavy atom. The molecule has 1 saturated heterocycles. The van der Waals surface area contributed by atoms with Crippen LogP contribution in [0.15, 0.2) is 42.0 Å². The van der Waals surface area contributed by atoms with Crippen LogP contribution >= 0.6 is 11.3 Å². The minimum atomic E-state index is -4.51. The van der Waals surface area contributed by atoms with Gasteiger partial charge in [0.1, 0.15) is 12.3 Å². The number of carbonyl (C=O) groups excluding carboxylic acids is 2. The number of piperazine rings is 1. The molecule has 34 heavy (non-hydrogen) atoms. The van der Waals surface area contributed by atoms with Gasteiger partial charge in [0.05, 0.1) is 11.1 Å². The van der Waals surface area contributed by atoms with Crippen molar-refractivity contribution in [1.29, 1.82) is 0 Å². The van der Waals surface area contributed by atoms with Crippen LogP contribution in [0.3, 0.4) is 0 Å². The third-order valence-corrected chi connectivity index (χ3v) is 6.01. The summed E-state index contributed by atoms with van der Waals surface area (Å²) in [6, 6.07) is 6.18. The van der Waals surface area contributed by atoms with Crippen LogP contribution < -0.4 is 10.2 Å². The normalized spacial score (nSPS) is 14.2. The summed E-state index contributed by atoms with van der Waals surface area (Å²) in [5.74, 6) is -0.546. The second kappa shape index (κ2) is 9.63. The van der Waals surface area contributed by atoms with Crippen LogP contribution in [0, 0.1) is 0 Å². The number of halogens is 3. The molecule has 0 bridgehead atoms. The first-order chi connectivity index (χ1) is 16.2. The third kappa shape index (κ3) is 5.60. The number of hydrogen-bond donors (Lipinski definition) is 2. The van der Waals surface area contributed by atoms with Crippen LogP contribution in [0.2, 0.25) is 0 Å². The number of pyridine rings is 1. The van der Waals surface area contributed by atoms with E-state index in [9.17, 15) is 27.9 Å². The molecule has 9 nitrogen and oxygen atoms in total. The lowest BCUT2D eigenvalue weighted by atomic mass is 10.1. The van der Waals surface area contributed by atoms with Crippen molar-refractivity contribution in [3.8, 4) is 16.9 Å². The molecule has 4 heterocycles. The maximum absolute atomic E-state index is 12.9. The fraction of sp³-hybridized carbons (Fsp3) is 0.286. The number of amides is 2. The van der Waals surface area contributed by atoms with Gasteiger partial charge in [0.25, 0.3) is 11.8 Å². The zero-order chi connectivity index (χ0) is 24.3. The van der Waals surface area contributed by atoms with Gasteiger partial charge in [-0.15, -0.1) is 21.5 Å². The molecule has 0 unspecified atom stereocenters. The topological polar surface area (TPSA) is 112 Å². The number of rotatable bonds is 5. The molecule has 0 saturated carbocycles. The van der Waals surface area contributed by atoms with Gasteiger partial charge in [0.2, 0.25) is 0 Å². The molecule has 1 aliphatic rings. The summed E-state index contributed by atoms with van der Waals surface area (Å²) in [5, 5.41) is 20.8. The van der Waals surface area contributed by atoms with Crippen LogP contribution in [-0.2, 0) is 0 Å². The molecule has 0 aliphatic carbocycles. The van der Waals surface area contributed by atoms with Gasteiger partial charge in [-0.2, -0.15) is 13.2 Å². The van der Waals surface area contributed by atoms with Gasteiger partial charge in [0, 0.05) is 37.9 Å². The number of nitrogens with one attached hydrogen (secondary N) is 1. The maximum atomic E-state index is 12.9. The predicted octanol–water partition coefficient (Wildman–Crippen LogP) is 2.56. The predicted molar refractivity (Wildman–Crippen MR) is 118 cm³/mol. The first-order valence-corrected chi connectivity index (χ1v) is 11.0. The highest BCUT2D eigenvalue weighted by Gasteiger charge is 2.28. The monoisotopic (exact) mass is 492 g/mol. The Morgan fingerprint density at radius 3 is 2.47 bits per heavy atom. The molecule has 0 radical (unpaired) electrons. The molecule has 3 aromatic rings. The number of aromatic hydroxyl groups is 1. The number of carbonyl (C=O) groups is 2. The minimum absolute atomic E-state index is 0.0470. The number of nitrogens with zero attached hydrogens (tertiary/aromatic N) is 5. The van der Waals surface area contributed by atoms with Crippen LogP contribution in [0.5, 0.6) is 5.75 Å². The lowest BCUT2D eigenvalue weighted by Gasteiger charge is -2.35. The molecule has 3 aromatic heterocycles. The summed E-state index contributed by atoms with van der Waals surface area (Å²) in [6.45, 7) is 0.398. The van der Waals surface area contributed by atoms with E-state index in [0.29, 0.717) is 42.4 Å². The zero-order valence-electron chi connectivity index (χ0n) is 17.6. The molecule has 0 spiro atoms. The smallest absolute Gasteiger partial charge is 0.405 e. The largest absolute Gasteiger partial charge is 0.506 e. The summed E-state index contributed by atoms with van der Waals surface area (Å²) in [4.78, 5) is 32.8. The van der Waals surface area contributed by atoms with Crippen molar-refractivity contribution < 1.29 is 27.9 Å². The van der Waals surface area contributed by atoms with Crippen molar-refractivity contribution in [2.75, 3.05) is 37.6 Å². The fourth-order valence-corrected chi connectivity index (χ4v) is 4.25. The first kappa shape index (κ1) is 23.4. The van der Waals surface area contributed by atoms with Crippen LogP contribution in [0.1, 0.15) is 20.2 Å². The lowest BCUT2D eigenvalue weighted by molar-refractivity contribution is -0.123. The summed E-state index contributed by atoms with van der Waals surface area (Å²) < 4.78 is 36.7. The average molecular weight is 492 g/mol. The van der Waals surface area contributed by atoms with E-state index in [1.54, 1.807) is 28.5 Å². The van der Waals surface area contributed by atoms with Crippen molar-refractivity contribution in [2.45, 2.75) is 6.18 Å². The SMILES string of the molecule is O=C(NCC(F)(F)F)c1ccc(N2CCN(C(=O)c3cc(-c4cncc(O)c4)cs3)CC2)nn1. The molecule has 1 aliphatic heterocycles. The van der Waals surface area contributed by atoms with Crippen molar-refractivity contribution in [2.24, 2.45) is 0 Å². The van der Waals surface area contributed by atoms with Crippen molar-refractivity contribution >= 4 is 29.0 Å². The molecule has 2 N–H and O–H groups in total. The highest BCUT2D eigenvalue weighted by atomic mass is 32.1. The number of thiophene rings is 1. The summed E-state index contributed by atoms with van der Waals surface area (Å²) >= 11 is 1.31. The number of alkyl halides is 3. The van der Waals surface area contributed by atoms with Gasteiger partial charge >= 0.3 is 6.18 Å². The van der Waals surface area contributed by atoms with Crippen molar-refractivity contribution in [3.05, 3.63) is 52.6 Å². The van der Waals surface area contributed by atoms with Gasteiger partial charge in [-0.3, -0.25) is 14.6 Å². The van der Waals surface area contributed by atoms with E-state index in [-0.39, 0.29) is 17.4 Å². The Balaban J connectivity index is 1.33. The Morgan fingerprint density at radius 1 is 1.06 bits per heavy atom. The molecule has 13 heteroatoms. The molecular formula is C21H19F3N6O3S. The molecule has 0 atom stereocenters. The van der Waals surface area contributed by atoms with Gasteiger partial charge in [0.15, 0.2) is 11.5 Å². The highest BCUT2D eigenvalue weighted by Crippen LogP contribution is 2.28. The average Bonchev–Trinajstić information content (AvgIpc) is 3.32. The van der Waals surface area contributed by atoms with Gasteiger partial charge in [-0.05, 0) is 35.2 Å². The van der Waals surface area contributed by atoms with Crippen LogP contribution in [0.25, 0.3) is 11.1 Å². The molecule has 1 fully saturated rings. The Kier molecular flexibility index (Phi) is 6.63. The van der Waals surface area contributed by atoms with Crippen molar-refractivity contribution in [1.82, 2.24) is 25.4 Å². The second-order valence-electron chi connectivity index (χ2n) is 7.49. The van der Waals surface area contributed by atoms with E-state index in [2.05, 4.69) is 15.2 Å².